The summed E-state index contributed by atoms with van der Waals surface area (Å²) in [5.74, 6) is 2.02. The minimum atomic E-state index is 0.752. The molecular weight excluding hydrogens is 160 g/mol. The third-order valence-electron chi connectivity index (χ3n) is 2.61. The van der Waals surface area contributed by atoms with Gasteiger partial charge < -0.3 is 10.3 Å². The molecule has 0 unspecified atom stereocenters. The van der Waals surface area contributed by atoms with E-state index in [2.05, 4.69) is 30.3 Å². The van der Waals surface area contributed by atoms with Crippen LogP contribution >= 0.6 is 0 Å². The van der Waals surface area contributed by atoms with Crippen molar-refractivity contribution in [1.82, 2.24) is 4.98 Å². The second-order valence-electron chi connectivity index (χ2n) is 4.30. The molecule has 1 aromatic rings. The second kappa shape index (κ2) is 3.44. The van der Waals surface area contributed by atoms with Gasteiger partial charge in [0.1, 0.15) is 5.82 Å². The summed E-state index contributed by atoms with van der Waals surface area (Å²) in [5, 5.41) is 3.40. The van der Waals surface area contributed by atoms with Gasteiger partial charge in [-0.2, -0.15) is 0 Å². The van der Waals surface area contributed by atoms with E-state index in [1.165, 1.54) is 36.2 Å². The number of hydrogen-bond acceptors (Lipinski definition) is 1. The van der Waals surface area contributed by atoms with Crippen molar-refractivity contribution in [2.45, 2.75) is 33.1 Å². The molecule has 72 valence electrons. The molecule has 0 fully saturated rings. The van der Waals surface area contributed by atoms with E-state index in [1.54, 1.807) is 0 Å². The van der Waals surface area contributed by atoms with Gasteiger partial charge in [0.2, 0.25) is 0 Å². The molecule has 13 heavy (non-hydrogen) atoms. The number of H-pyrrole nitrogens is 1. The summed E-state index contributed by atoms with van der Waals surface area (Å²) in [5.41, 5.74) is 3.04. The van der Waals surface area contributed by atoms with E-state index >= 15 is 0 Å². The van der Waals surface area contributed by atoms with Crippen molar-refractivity contribution in [2.24, 2.45) is 5.92 Å². The lowest BCUT2D eigenvalue weighted by atomic mass is 9.98. The summed E-state index contributed by atoms with van der Waals surface area (Å²) < 4.78 is 0. The van der Waals surface area contributed by atoms with Crippen molar-refractivity contribution in [3.05, 3.63) is 17.3 Å². The van der Waals surface area contributed by atoms with Crippen LogP contribution in [0.4, 0.5) is 5.82 Å². The molecule has 0 aliphatic carbocycles. The summed E-state index contributed by atoms with van der Waals surface area (Å²) >= 11 is 0. The standard InChI is InChI=1S/C11H18N2/c1-8(2)6-9-7-13-11-10(9)4-3-5-12-11/h7-8,12-13H,3-6H2,1-2H3. The maximum Gasteiger partial charge on any atom is 0.106 e. The van der Waals surface area contributed by atoms with Crippen molar-refractivity contribution < 1.29 is 0 Å². The van der Waals surface area contributed by atoms with Crippen molar-refractivity contribution in [3.63, 3.8) is 0 Å². The van der Waals surface area contributed by atoms with Gasteiger partial charge in [0, 0.05) is 12.7 Å². The van der Waals surface area contributed by atoms with Gasteiger partial charge in [-0.05, 0) is 36.3 Å². The van der Waals surface area contributed by atoms with Crippen LogP contribution in [0.3, 0.4) is 0 Å². The zero-order valence-corrected chi connectivity index (χ0v) is 8.48. The van der Waals surface area contributed by atoms with Gasteiger partial charge in [-0.25, -0.2) is 0 Å². The van der Waals surface area contributed by atoms with E-state index in [0.717, 1.165) is 12.5 Å². The van der Waals surface area contributed by atoms with Crippen LogP contribution < -0.4 is 5.32 Å². The van der Waals surface area contributed by atoms with Gasteiger partial charge in [-0.1, -0.05) is 13.8 Å². The fraction of sp³-hybridized carbons (Fsp3) is 0.636. The lowest BCUT2D eigenvalue weighted by Gasteiger charge is -2.15. The Morgan fingerprint density at radius 3 is 3.08 bits per heavy atom. The van der Waals surface area contributed by atoms with Crippen LogP contribution in [0.25, 0.3) is 0 Å². The molecule has 2 N–H and O–H groups in total. The van der Waals surface area contributed by atoms with Crippen LogP contribution in [0, 0.1) is 5.92 Å². The maximum absolute atomic E-state index is 3.40. The number of aromatic nitrogens is 1. The molecule has 2 heteroatoms. The molecule has 2 rings (SSSR count). The molecule has 0 saturated heterocycles. The zero-order valence-electron chi connectivity index (χ0n) is 8.48. The first-order valence-corrected chi connectivity index (χ1v) is 5.20. The summed E-state index contributed by atoms with van der Waals surface area (Å²) in [6, 6.07) is 0. The minimum absolute atomic E-state index is 0.752. The summed E-state index contributed by atoms with van der Waals surface area (Å²) in [6.45, 7) is 5.67. The van der Waals surface area contributed by atoms with Crippen LogP contribution in [0.2, 0.25) is 0 Å². The number of aromatic amines is 1. The van der Waals surface area contributed by atoms with E-state index < -0.39 is 0 Å². The summed E-state index contributed by atoms with van der Waals surface area (Å²) in [6.07, 6.45) is 5.89. The Hall–Kier alpha value is -0.920. The summed E-state index contributed by atoms with van der Waals surface area (Å²) in [4.78, 5) is 3.32. The maximum atomic E-state index is 3.40. The Labute approximate surface area is 79.7 Å². The molecule has 1 aromatic heterocycles. The molecule has 2 heterocycles. The Bertz CT molecular complexity index is 286. The Balaban J connectivity index is 2.21. The number of fused-ring (bicyclic) bond motifs is 1. The average Bonchev–Trinajstić information content (AvgIpc) is 2.48. The van der Waals surface area contributed by atoms with Crippen LogP contribution in [0.5, 0.6) is 0 Å². The lowest BCUT2D eigenvalue weighted by molar-refractivity contribution is 0.641. The van der Waals surface area contributed by atoms with Crippen molar-refractivity contribution in [1.29, 1.82) is 0 Å². The van der Waals surface area contributed by atoms with Crippen molar-refractivity contribution in [3.8, 4) is 0 Å². The highest BCUT2D eigenvalue weighted by molar-refractivity contribution is 5.51. The third kappa shape index (κ3) is 1.71. The Kier molecular flexibility index (Phi) is 2.30. The first-order chi connectivity index (χ1) is 6.27. The number of rotatable bonds is 2. The monoisotopic (exact) mass is 178 g/mol. The van der Waals surface area contributed by atoms with Gasteiger partial charge in [-0.3, -0.25) is 0 Å². The number of hydrogen-bond donors (Lipinski definition) is 2. The normalized spacial score (nSPS) is 15.6. The van der Waals surface area contributed by atoms with E-state index in [0.29, 0.717) is 0 Å². The molecule has 0 bridgehead atoms. The third-order valence-corrected chi connectivity index (χ3v) is 2.61. The van der Waals surface area contributed by atoms with E-state index in [4.69, 9.17) is 0 Å². The van der Waals surface area contributed by atoms with Crippen molar-refractivity contribution >= 4 is 5.82 Å². The molecule has 0 amide bonds. The predicted octanol–water partition coefficient (Wildman–Crippen LogP) is 2.57. The molecule has 0 aromatic carbocycles. The first-order valence-electron chi connectivity index (χ1n) is 5.20. The van der Waals surface area contributed by atoms with Gasteiger partial charge in [0.05, 0.1) is 0 Å². The van der Waals surface area contributed by atoms with Gasteiger partial charge >= 0.3 is 0 Å². The second-order valence-corrected chi connectivity index (χ2v) is 4.30. The predicted molar refractivity (Wildman–Crippen MR) is 56.1 cm³/mol. The molecule has 1 aliphatic heterocycles. The number of anilines is 1. The molecule has 2 nitrogen and oxygen atoms in total. The van der Waals surface area contributed by atoms with Crippen LogP contribution in [0.1, 0.15) is 31.4 Å². The van der Waals surface area contributed by atoms with Crippen molar-refractivity contribution in [2.75, 3.05) is 11.9 Å². The quantitative estimate of drug-likeness (QED) is 0.715. The largest absolute Gasteiger partial charge is 0.371 e. The molecule has 0 spiro atoms. The highest BCUT2D eigenvalue weighted by atomic mass is 15.0. The topological polar surface area (TPSA) is 27.8 Å². The van der Waals surface area contributed by atoms with Gasteiger partial charge in [0.25, 0.3) is 0 Å². The molecule has 1 aliphatic rings. The highest BCUT2D eigenvalue weighted by Crippen LogP contribution is 2.26. The van der Waals surface area contributed by atoms with Crippen LogP contribution in [0.15, 0.2) is 6.20 Å². The van der Waals surface area contributed by atoms with Gasteiger partial charge in [-0.15, -0.1) is 0 Å². The van der Waals surface area contributed by atoms with Gasteiger partial charge in [0.15, 0.2) is 0 Å². The fourth-order valence-corrected chi connectivity index (χ4v) is 2.04. The Morgan fingerprint density at radius 2 is 2.31 bits per heavy atom. The summed E-state index contributed by atoms with van der Waals surface area (Å²) in [7, 11) is 0. The lowest BCUT2D eigenvalue weighted by Crippen LogP contribution is -2.11. The Morgan fingerprint density at radius 1 is 1.46 bits per heavy atom. The van der Waals surface area contributed by atoms with E-state index in [9.17, 15) is 0 Å². The average molecular weight is 178 g/mol. The smallest absolute Gasteiger partial charge is 0.106 e. The number of nitrogens with one attached hydrogen (secondary N) is 2. The minimum Gasteiger partial charge on any atom is -0.371 e. The van der Waals surface area contributed by atoms with Crippen LogP contribution in [-0.2, 0) is 12.8 Å². The fourth-order valence-electron chi connectivity index (χ4n) is 2.04. The van der Waals surface area contributed by atoms with E-state index in [-0.39, 0.29) is 0 Å². The SMILES string of the molecule is CC(C)Cc1c[nH]c2c1CCCN2. The first kappa shape index (κ1) is 8.67. The van der Waals surface area contributed by atoms with E-state index in [1.807, 2.05) is 0 Å². The van der Waals surface area contributed by atoms with Crippen LogP contribution in [-0.4, -0.2) is 11.5 Å². The molecule has 0 radical (unpaired) electrons. The molecule has 0 saturated carbocycles. The molecular formula is C11H18N2. The highest BCUT2D eigenvalue weighted by Gasteiger charge is 2.14. The zero-order chi connectivity index (χ0) is 9.26. The molecule has 0 atom stereocenters.